The molecule has 0 saturated carbocycles. The second-order valence-corrected chi connectivity index (χ2v) is 4.73. The van der Waals surface area contributed by atoms with Crippen molar-refractivity contribution in [3.8, 4) is 0 Å². The fourth-order valence-electron chi connectivity index (χ4n) is 2.00. The van der Waals surface area contributed by atoms with Crippen LogP contribution >= 0.6 is 23.2 Å². The van der Waals surface area contributed by atoms with Crippen molar-refractivity contribution in [3.63, 3.8) is 0 Å². The normalized spacial score (nSPS) is 11.2. The SMILES string of the molecule is Nc1nc(N)c2c(ccc3cc(Cl)c(Cl)cc32)n1. The van der Waals surface area contributed by atoms with Crippen molar-refractivity contribution in [3.05, 3.63) is 34.3 Å². The average Bonchev–Trinajstić information content (AvgIpc) is 2.30. The first-order valence-electron chi connectivity index (χ1n) is 5.17. The number of nitrogens with two attached hydrogens (primary N) is 2. The number of fused-ring (bicyclic) bond motifs is 3. The van der Waals surface area contributed by atoms with Gasteiger partial charge >= 0.3 is 0 Å². The van der Waals surface area contributed by atoms with Crippen molar-refractivity contribution < 1.29 is 0 Å². The standard InChI is InChI=1S/C12H8Cl2N4/c13-7-3-5-1-2-9-10(6(5)4-8(7)14)11(15)18-12(16)17-9/h1-4H,(H4,15,16,17,18). The van der Waals surface area contributed by atoms with Gasteiger partial charge in [-0.15, -0.1) is 0 Å². The highest BCUT2D eigenvalue weighted by molar-refractivity contribution is 6.43. The third-order valence-corrected chi connectivity index (χ3v) is 3.49. The lowest BCUT2D eigenvalue weighted by Crippen LogP contribution is -2.00. The summed E-state index contributed by atoms with van der Waals surface area (Å²) >= 11 is 12.0. The Kier molecular flexibility index (Phi) is 2.43. The van der Waals surface area contributed by atoms with Crippen molar-refractivity contribution >= 4 is 56.6 Å². The number of rotatable bonds is 0. The molecule has 6 heteroatoms. The molecule has 4 N–H and O–H groups in total. The summed E-state index contributed by atoms with van der Waals surface area (Å²) in [6.45, 7) is 0. The second-order valence-electron chi connectivity index (χ2n) is 3.91. The van der Waals surface area contributed by atoms with Gasteiger partial charge in [0.05, 0.1) is 20.9 Å². The minimum Gasteiger partial charge on any atom is -0.383 e. The van der Waals surface area contributed by atoms with E-state index in [1.807, 2.05) is 12.1 Å². The number of nitrogen functional groups attached to an aromatic ring is 2. The molecule has 0 saturated heterocycles. The van der Waals surface area contributed by atoms with Gasteiger partial charge in [0.25, 0.3) is 0 Å². The minimum atomic E-state index is 0.152. The summed E-state index contributed by atoms with van der Waals surface area (Å²) in [4.78, 5) is 8.12. The summed E-state index contributed by atoms with van der Waals surface area (Å²) < 4.78 is 0. The van der Waals surface area contributed by atoms with Crippen LogP contribution in [-0.4, -0.2) is 9.97 Å². The molecule has 1 heterocycles. The Morgan fingerprint density at radius 2 is 1.67 bits per heavy atom. The number of benzene rings is 2. The van der Waals surface area contributed by atoms with Crippen LogP contribution in [0.25, 0.3) is 21.7 Å². The van der Waals surface area contributed by atoms with Crippen LogP contribution in [0.5, 0.6) is 0 Å². The van der Waals surface area contributed by atoms with Gasteiger partial charge in [-0.2, -0.15) is 4.98 Å². The predicted octanol–water partition coefficient (Wildman–Crippen LogP) is 3.25. The second kappa shape index (κ2) is 3.86. The van der Waals surface area contributed by atoms with Gasteiger partial charge in [0.15, 0.2) is 0 Å². The Bertz CT molecular complexity index is 786. The van der Waals surface area contributed by atoms with Gasteiger partial charge < -0.3 is 11.5 Å². The Morgan fingerprint density at radius 3 is 2.44 bits per heavy atom. The maximum absolute atomic E-state index is 6.03. The van der Waals surface area contributed by atoms with Gasteiger partial charge in [-0.3, -0.25) is 0 Å². The fraction of sp³-hybridized carbons (Fsp3) is 0. The Labute approximate surface area is 113 Å². The molecule has 0 radical (unpaired) electrons. The molecule has 2 aromatic carbocycles. The van der Waals surface area contributed by atoms with E-state index in [1.54, 1.807) is 12.1 Å². The minimum absolute atomic E-state index is 0.152. The molecular formula is C12H8Cl2N4. The zero-order valence-electron chi connectivity index (χ0n) is 9.11. The summed E-state index contributed by atoms with van der Waals surface area (Å²) in [7, 11) is 0. The summed E-state index contributed by atoms with van der Waals surface area (Å²) in [5.74, 6) is 0.487. The molecule has 0 aliphatic carbocycles. The molecule has 0 spiro atoms. The first-order valence-corrected chi connectivity index (χ1v) is 5.92. The van der Waals surface area contributed by atoms with E-state index in [4.69, 9.17) is 34.7 Å². The highest BCUT2D eigenvalue weighted by Crippen LogP contribution is 2.33. The molecule has 0 aliphatic rings. The average molecular weight is 279 g/mol. The van der Waals surface area contributed by atoms with E-state index >= 15 is 0 Å². The number of halogens is 2. The van der Waals surface area contributed by atoms with Gasteiger partial charge in [-0.25, -0.2) is 4.98 Å². The van der Waals surface area contributed by atoms with Crippen molar-refractivity contribution in [2.45, 2.75) is 0 Å². The van der Waals surface area contributed by atoms with Crippen LogP contribution in [0.1, 0.15) is 0 Å². The molecule has 4 nitrogen and oxygen atoms in total. The quantitative estimate of drug-likeness (QED) is 0.619. The molecule has 1 aromatic heterocycles. The number of nitrogens with zero attached hydrogens (tertiary/aromatic N) is 2. The van der Waals surface area contributed by atoms with Gasteiger partial charge in [0.1, 0.15) is 5.82 Å². The molecule has 3 aromatic rings. The lowest BCUT2D eigenvalue weighted by molar-refractivity contribution is 1.25. The highest BCUT2D eigenvalue weighted by Gasteiger charge is 2.09. The first-order chi connectivity index (χ1) is 8.56. The highest BCUT2D eigenvalue weighted by atomic mass is 35.5. The summed E-state index contributed by atoms with van der Waals surface area (Å²) in [5, 5.41) is 3.49. The van der Waals surface area contributed by atoms with Crippen molar-refractivity contribution in [2.75, 3.05) is 11.5 Å². The topological polar surface area (TPSA) is 77.8 Å². The zero-order valence-corrected chi connectivity index (χ0v) is 10.6. The van der Waals surface area contributed by atoms with Crippen molar-refractivity contribution in [2.24, 2.45) is 0 Å². The summed E-state index contributed by atoms with van der Waals surface area (Å²) in [6, 6.07) is 7.27. The smallest absolute Gasteiger partial charge is 0.222 e. The third-order valence-electron chi connectivity index (χ3n) is 2.76. The van der Waals surface area contributed by atoms with Gasteiger partial charge in [-0.1, -0.05) is 29.3 Å². The number of hydrogen-bond donors (Lipinski definition) is 2. The molecule has 90 valence electrons. The van der Waals surface area contributed by atoms with E-state index in [0.29, 0.717) is 21.4 Å². The molecule has 0 bridgehead atoms. The van der Waals surface area contributed by atoms with Crippen molar-refractivity contribution in [1.82, 2.24) is 9.97 Å². The molecule has 0 amide bonds. The van der Waals surface area contributed by atoms with Crippen molar-refractivity contribution in [1.29, 1.82) is 0 Å². The molecule has 0 aliphatic heterocycles. The van der Waals surface area contributed by atoms with Crippen LogP contribution in [0.4, 0.5) is 11.8 Å². The van der Waals surface area contributed by atoms with Gasteiger partial charge in [-0.05, 0) is 29.0 Å². The van der Waals surface area contributed by atoms with E-state index in [2.05, 4.69) is 9.97 Å². The monoisotopic (exact) mass is 278 g/mol. The number of aromatic nitrogens is 2. The number of hydrogen-bond acceptors (Lipinski definition) is 4. The van der Waals surface area contributed by atoms with Crippen LogP contribution in [0.3, 0.4) is 0 Å². The van der Waals surface area contributed by atoms with E-state index in [0.717, 1.165) is 16.2 Å². The molecule has 18 heavy (non-hydrogen) atoms. The third kappa shape index (κ3) is 1.62. The van der Waals surface area contributed by atoms with Crippen LogP contribution in [0.2, 0.25) is 10.0 Å². The van der Waals surface area contributed by atoms with Crippen LogP contribution in [-0.2, 0) is 0 Å². The molecule has 0 fully saturated rings. The first kappa shape index (κ1) is 11.3. The van der Waals surface area contributed by atoms with E-state index < -0.39 is 0 Å². The van der Waals surface area contributed by atoms with Gasteiger partial charge in [0, 0.05) is 0 Å². The predicted molar refractivity (Wildman–Crippen MR) is 75.9 cm³/mol. The maximum atomic E-state index is 6.03. The Morgan fingerprint density at radius 1 is 0.944 bits per heavy atom. The van der Waals surface area contributed by atoms with E-state index in [1.165, 1.54) is 0 Å². The van der Waals surface area contributed by atoms with Crippen LogP contribution < -0.4 is 11.5 Å². The van der Waals surface area contributed by atoms with Gasteiger partial charge in [0.2, 0.25) is 5.95 Å². The molecule has 0 atom stereocenters. The van der Waals surface area contributed by atoms with Crippen LogP contribution in [0, 0.1) is 0 Å². The van der Waals surface area contributed by atoms with Crippen LogP contribution in [0.15, 0.2) is 24.3 Å². The lowest BCUT2D eigenvalue weighted by Gasteiger charge is -2.07. The maximum Gasteiger partial charge on any atom is 0.222 e. The van der Waals surface area contributed by atoms with E-state index in [-0.39, 0.29) is 5.95 Å². The lowest BCUT2D eigenvalue weighted by atomic mass is 10.1. The fourth-order valence-corrected chi connectivity index (χ4v) is 2.33. The number of anilines is 2. The Balaban J connectivity index is 2.56. The Hall–Kier alpha value is -1.78. The largest absolute Gasteiger partial charge is 0.383 e. The summed E-state index contributed by atoms with van der Waals surface area (Å²) in [6.07, 6.45) is 0. The molecule has 3 rings (SSSR count). The van der Waals surface area contributed by atoms with E-state index in [9.17, 15) is 0 Å². The molecular weight excluding hydrogens is 271 g/mol. The molecule has 0 unspecified atom stereocenters. The zero-order chi connectivity index (χ0) is 12.9. The summed E-state index contributed by atoms with van der Waals surface area (Å²) in [5.41, 5.74) is 12.2.